The van der Waals surface area contributed by atoms with E-state index in [-0.39, 0.29) is 11.3 Å². The summed E-state index contributed by atoms with van der Waals surface area (Å²) in [6.07, 6.45) is 1.97. The summed E-state index contributed by atoms with van der Waals surface area (Å²) in [7, 11) is 0. The van der Waals surface area contributed by atoms with Gasteiger partial charge in [0.2, 0.25) is 5.91 Å². The van der Waals surface area contributed by atoms with E-state index in [0.717, 1.165) is 36.1 Å². The monoisotopic (exact) mass is 275 g/mol. The molecule has 2 heterocycles. The number of carbonyl (C=O) groups is 1. The quantitative estimate of drug-likeness (QED) is 0.886. The van der Waals surface area contributed by atoms with Gasteiger partial charge in [-0.2, -0.15) is 0 Å². The highest BCUT2D eigenvalue weighted by Crippen LogP contribution is 2.30. The Morgan fingerprint density at radius 1 is 1.47 bits per heavy atom. The summed E-state index contributed by atoms with van der Waals surface area (Å²) in [4.78, 5) is 16.8. The molecule has 1 unspecified atom stereocenters. The minimum Gasteiger partial charge on any atom is -0.316 e. The number of amides is 1. The van der Waals surface area contributed by atoms with Crippen molar-refractivity contribution in [3.63, 3.8) is 0 Å². The molecule has 1 aromatic carbocycles. The van der Waals surface area contributed by atoms with Crippen LogP contribution >= 0.6 is 11.3 Å². The normalized spacial score (nSPS) is 23.4. The standard InChI is InChI=1S/C14H17N3OS/c1-14(7-4-8-15-9-14)12(18)17-13-16-10-5-2-3-6-11(10)19-13/h2-3,5-6,15H,4,7-9H2,1H3,(H,16,17,18). The maximum Gasteiger partial charge on any atom is 0.233 e. The first-order valence-corrected chi connectivity index (χ1v) is 7.37. The number of nitrogens with zero attached hydrogens (tertiary/aromatic N) is 1. The Morgan fingerprint density at radius 2 is 2.32 bits per heavy atom. The number of rotatable bonds is 2. The molecule has 2 N–H and O–H groups in total. The van der Waals surface area contributed by atoms with Crippen LogP contribution in [0, 0.1) is 5.41 Å². The molecule has 0 saturated carbocycles. The van der Waals surface area contributed by atoms with E-state index in [1.807, 2.05) is 31.2 Å². The summed E-state index contributed by atoms with van der Waals surface area (Å²) in [6.45, 7) is 3.76. The van der Waals surface area contributed by atoms with Gasteiger partial charge in [-0.05, 0) is 38.4 Å². The Labute approximate surface area is 116 Å². The van der Waals surface area contributed by atoms with E-state index < -0.39 is 0 Å². The first-order valence-electron chi connectivity index (χ1n) is 6.55. The third-order valence-corrected chi connectivity index (χ3v) is 4.61. The van der Waals surface area contributed by atoms with Crippen molar-refractivity contribution < 1.29 is 4.79 Å². The van der Waals surface area contributed by atoms with Crippen molar-refractivity contribution in [2.75, 3.05) is 18.4 Å². The lowest BCUT2D eigenvalue weighted by atomic mass is 9.82. The summed E-state index contributed by atoms with van der Waals surface area (Å²) in [5, 5.41) is 6.95. The summed E-state index contributed by atoms with van der Waals surface area (Å²) in [5.41, 5.74) is 0.616. The number of fused-ring (bicyclic) bond motifs is 1. The van der Waals surface area contributed by atoms with Crippen molar-refractivity contribution in [2.45, 2.75) is 19.8 Å². The van der Waals surface area contributed by atoms with Crippen molar-refractivity contribution in [3.05, 3.63) is 24.3 Å². The lowest BCUT2D eigenvalue weighted by Crippen LogP contribution is -2.46. The van der Waals surface area contributed by atoms with Crippen LogP contribution in [0.2, 0.25) is 0 Å². The molecule has 1 aliphatic heterocycles. The summed E-state index contributed by atoms with van der Waals surface area (Å²) < 4.78 is 1.10. The average molecular weight is 275 g/mol. The Hall–Kier alpha value is -1.46. The van der Waals surface area contributed by atoms with Gasteiger partial charge in [-0.1, -0.05) is 23.5 Å². The molecule has 1 amide bonds. The number of piperidine rings is 1. The zero-order valence-corrected chi connectivity index (χ0v) is 11.7. The van der Waals surface area contributed by atoms with Crippen molar-refractivity contribution >= 4 is 32.6 Å². The average Bonchev–Trinajstić information content (AvgIpc) is 2.81. The minimum atomic E-state index is -0.323. The van der Waals surface area contributed by atoms with Gasteiger partial charge in [0, 0.05) is 6.54 Å². The van der Waals surface area contributed by atoms with Crippen LogP contribution in [0.3, 0.4) is 0 Å². The van der Waals surface area contributed by atoms with E-state index >= 15 is 0 Å². The lowest BCUT2D eigenvalue weighted by Gasteiger charge is -2.32. The molecule has 19 heavy (non-hydrogen) atoms. The number of benzene rings is 1. The van der Waals surface area contributed by atoms with Crippen molar-refractivity contribution in [1.82, 2.24) is 10.3 Å². The van der Waals surface area contributed by atoms with Gasteiger partial charge in [0.1, 0.15) is 0 Å². The predicted octanol–water partition coefficient (Wildman–Crippen LogP) is 2.62. The van der Waals surface area contributed by atoms with Crippen molar-refractivity contribution in [2.24, 2.45) is 5.41 Å². The van der Waals surface area contributed by atoms with E-state index in [9.17, 15) is 4.79 Å². The number of aromatic nitrogens is 1. The fraction of sp³-hybridized carbons (Fsp3) is 0.429. The zero-order valence-electron chi connectivity index (χ0n) is 10.9. The van der Waals surface area contributed by atoms with Crippen LogP contribution in [0.1, 0.15) is 19.8 Å². The SMILES string of the molecule is CC1(C(=O)Nc2nc3ccccc3s2)CCCNC1. The molecule has 1 aliphatic rings. The van der Waals surface area contributed by atoms with E-state index in [2.05, 4.69) is 15.6 Å². The maximum absolute atomic E-state index is 12.4. The summed E-state index contributed by atoms with van der Waals surface area (Å²) in [5.74, 6) is 0.0683. The molecular weight excluding hydrogens is 258 g/mol. The number of hydrogen-bond donors (Lipinski definition) is 2. The van der Waals surface area contributed by atoms with Crippen LogP contribution in [-0.4, -0.2) is 24.0 Å². The molecule has 1 atom stereocenters. The molecule has 0 aliphatic carbocycles. The Balaban J connectivity index is 1.78. The first-order chi connectivity index (χ1) is 9.17. The largest absolute Gasteiger partial charge is 0.316 e. The van der Waals surface area contributed by atoms with E-state index in [1.165, 1.54) is 11.3 Å². The second-order valence-corrected chi connectivity index (χ2v) is 6.31. The molecule has 3 rings (SSSR count). The molecule has 0 spiro atoms. The predicted molar refractivity (Wildman–Crippen MR) is 78.5 cm³/mol. The van der Waals surface area contributed by atoms with Gasteiger partial charge in [-0.25, -0.2) is 4.98 Å². The maximum atomic E-state index is 12.4. The smallest absolute Gasteiger partial charge is 0.233 e. The number of hydrogen-bond acceptors (Lipinski definition) is 4. The van der Waals surface area contributed by atoms with E-state index in [1.54, 1.807) is 0 Å². The van der Waals surface area contributed by atoms with Gasteiger partial charge in [-0.15, -0.1) is 0 Å². The zero-order chi connectivity index (χ0) is 13.3. The Kier molecular flexibility index (Phi) is 3.24. The number of anilines is 1. The lowest BCUT2D eigenvalue weighted by molar-refractivity contribution is -0.125. The number of para-hydroxylation sites is 1. The third kappa shape index (κ3) is 2.48. The molecule has 1 fully saturated rings. The second-order valence-electron chi connectivity index (χ2n) is 5.28. The highest BCUT2D eigenvalue weighted by Gasteiger charge is 2.35. The van der Waals surface area contributed by atoms with Gasteiger partial charge in [0.25, 0.3) is 0 Å². The van der Waals surface area contributed by atoms with E-state index in [4.69, 9.17) is 0 Å². The Bertz CT molecular complexity index is 569. The highest BCUT2D eigenvalue weighted by atomic mass is 32.1. The van der Waals surface area contributed by atoms with E-state index in [0.29, 0.717) is 5.13 Å². The van der Waals surface area contributed by atoms with Crippen LogP contribution in [0.15, 0.2) is 24.3 Å². The van der Waals surface area contributed by atoms with Gasteiger partial charge in [0.15, 0.2) is 5.13 Å². The molecule has 4 nitrogen and oxygen atoms in total. The number of nitrogens with one attached hydrogen (secondary N) is 2. The highest BCUT2D eigenvalue weighted by molar-refractivity contribution is 7.22. The van der Waals surface area contributed by atoms with Gasteiger partial charge in [0.05, 0.1) is 15.6 Å². The second kappa shape index (κ2) is 4.90. The molecule has 5 heteroatoms. The number of carbonyl (C=O) groups excluding carboxylic acids is 1. The minimum absolute atomic E-state index is 0.0683. The molecule has 1 aromatic heterocycles. The topological polar surface area (TPSA) is 54.0 Å². The fourth-order valence-electron chi connectivity index (χ4n) is 2.42. The van der Waals surface area contributed by atoms with Gasteiger partial charge < -0.3 is 10.6 Å². The molecular formula is C14H17N3OS. The third-order valence-electron chi connectivity index (χ3n) is 3.66. The first kappa shape index (κ1) is 12.6. The van der Waals surface area contributed by atoms with Gasteiger partial charge >= 0.3 is 0 Å². The molecule has 0 bridgehead atoms. The molecule has 100 valence electrons. The van der Waals surface area contributed by atoms with Crippen LogP contribution in [0.25, 0.3) is 10.2 Å². The summed E-state index contributed by atoms with van der Waals surface area (Å²) in [6, 6.07) is 7.93. The Morgan fingerprint density at radius 3 is 3.05 bits per heavy atom. The molecule has 0 radical (unpaired) electrons. The van der Waals surface area contributed by atoms with Gasteiger partial charge in [-0.3, -0.25) is 4.79 Å². The van der Waals surface area contributed by atoms with Crippen LogP contribution in [-0.2, 0) is 4.79 Å². The van der Waals surface area contributed by atoms with Crippen molar-refractivity contribution in [3.8, 4) is 0 Å². The van der Waals surface area contributed by atoms with Crippen LogP contribution in [0.5, 0.6) is 0 Å². The molecule has 2 aromatic rings. The van der Waals surface area contributed by atoms with Crippen molar-refractivity contribution in [1.29, 1.82) is 0 Å². The van der Waals surface area contributed by atoms with Crippen LogP contribution in [0.4, 0.5) is 5.13 Å². The number of thiazole rings is 1. The summed E-state index contributed by atoms with van der Waals surface area (Å²) >= 11 is 1.52. The van der Waals surface area contributed by atoms with Crippen LogP contribution < -0.4 is 10.6 Å². The molecule has 1 saturated heterocycles. The fourth-order valence-corrected chi connectivity index (χ4v) is 3.28.